The topological polar surface area (TPSA) is 54.6 Å². The van der Waals surface area contributed by atoms with Crippen LogP contribution in [0.25, 0.3) is 0 Å². The van der Waals surface area contributed by atoms with Gasteiger partial charge < -0.3 is 5.11 Å². The van der Waals surface area contributed by atoms with Gasteiger partial charge >= 0.3 is 6.09 Å². The van der Waals surface area contributed by atoms with E-state index in [4.69, 9.17) is 5.11 Å². The van der Waals surface area contributed by atoms with Crippen LogP contribution in [0.3, 0.4) is 0 Å². The Bertz CT molecular complexity index is 630. The minimum atomic E-state index is -1.14. The highest BCUT2D eigenvalue weighted by atomic mass is 32.1. The molecule has 0 aliphatic carbocycles. The van der Waals surface area contributed by atoms with Crippen LogP contribution in [0, 0.1) is 0 Å². The van der Waals surface area contributed by atoms with Gasteiger partial charge in [-0.1, -0.05) is 6.07 Å². The smallest absolute Gasteiger partial charge is 0.432 e. The lowest BCUT2D eigenvalue weighted by Gasteiger charge is -2.19. The Morgan fingerprint density at radius 3 is 2.74 bits per heavy atom. The van der Waals surface area contributed by atoms with Crippen molar-refractivity contribution in [3.8, 4) is 0 Å². The molecule has 1 amide bonds. The van der Waals surface area contributed by atoms with Crippen LogP contribution < -0.4 is 4.67 Å². The molecule has 1 N–H and O–H groups in total. The van der Waals surface area contributed by atoms with Crippen LogP contribution in [-0.4, -0.2) is 15.2 Å². The van der Waals surface area contributed by atoms with E-state index >= 15 is 0 Å². The number of amides is 1. The lowest BCUT2D eigenvalue weighted by atomic mass is 10.1. The average Bonchev–Trinajstić information content (AvgIpc) is 2.88. The van der Waals surface area contributed by atoms with Gasteiger partial charge in [-0.15, -0.1) is 11.3 Å². The fraction of sp³-hybridized carbons (Fsp3) is 0.385. The first-order valence-corrected chi connectivity index (χ1v) is 7.54. The second-order valence-electron chi connectivity index (χ2n) is 5.20. The molecule has 4 nitrogen and oxygen atoms in total. The van der Waals surface area contributed by atoms with Crippen LogP contribution in [-0.2, 0) is 12.0 Å². The molecule has 0 aromatic carbocycles. The highest BCUT2D eigenvalue weighted by Gasteiger charge is 2.16. The second kappa shape index (κ2) is 5.30. The first kappa shape index (κ1) is 14.0. The Hall–Kier alpha value is -1.40. The summed E-state index contributed by atoms with van der Waals surface area (Å²) < 4.78 is 2.63. The summed E-state index contributed by atoms with van der Waals surface area (Å²) in [5.41, 5.74) is 0.894. The van der Waals surface area contributed by atoms with Crippen LogP contribution >= 0.6 is 22.9 Å². The van der Waals surface area contributed by atoms with Crippen molar-refractivity contribution in [2.75, 3.05) is 0 Å². The van der Waals surface area contributed by atoms with E-state index in [-0.39, 0.29) is 5.54 Å². The zero-order valence-electron chi connectivity index (χ0n) is 11.1. The molecular weight excluding hydrogens is 280 g/mol. The molecule has 0 saturated carbocycles. The summed E-state index contributed by atoms with van der Waals surface area (Å²) in [5.74, 6) is 0. The number of thiophene rings is 1. The van der Waals surface area contributed by atoms with Gasteiger partial charge in [0.15, 0.2) is 0 Å². The van der Waals surface area contributed by atoms with E-state index < -0.39 is 6.09 Å². The Balaban J connectivity index is 2.46. The van der Waals surface area contributed by atoms with Gasteiger partial charge in [0.25, 0.3) is 0 Å². The molecule has 2 aromatic rings. The Morgan fingerprint density at radius 2 is 2.21 bits per heavy atom. The van der Waals surface area contributed by atoms with Crippen LogP contribution in [0.2, 0.25) is 0 Å². The van der Waals surface area contributed by atoms with E-state index in [1.165, 1.54) is 16.4 Å². The molecule has 102 valence electrons. The van der Waals surface area contributed by atoms with Crippen molar-refractivity contribution in [2.24, 2.45) is 4.99 Å². The van der Waals surface area contributed by atoms with E-state index in [0.29, 0.717) is 4.67 Å². The third kappa shape index (κ3) is 3.54. The van der Waals surface area contributed by atoms with Gasteiger partial charge in [0, 0.05) is 28.6 Å². The van der Waals surface area contributed by atoms with Crippen molar-refractivity contribution in [3.63, 3.8) is 0 Å². The maximum absolute atomic E-state index is 10.8. The Labute approximate surface area is 119 Å². The molecule has 2 aromatic heterocycles. The van der Waals surface area contributed by atoms with E-state index in [2.05, 4.69) is 29.7 Å². The summed E-state index contributed by atoms with van der Waals surface area (Å²) in [6.45, 7) is 6.26. The molecule has 0 radical (unpaired) electrons. The molecule has 19 heavy (non-hydrogen) atoms. The van der Waals surface area contributed by atoms with Crippen LogP contribution in [0.5, 0.6) is 0 Å². The highest BCUT2D eigenvalue weighted by Crippen LogP contribution is 2.19. The van der Waals surface area contributed by atoms with Gasteiger partial charge in [-0.3, -0.25) is 3.96 Å². The summed E-state index contributed by atoms with van der Waals surface area (Å²) in [4.78, 5) is 15.7. The largest absolute Gasteiger partial charge is 0.463 e. The van der Waals surface area contributed by atoms with Crippen molar-refractivity contribution in [1.82, 2.24) is 3.96 Å². The van der Waals surface area contributed by atoms with Crippen molar-refractivity contribution in [1.29, 1.82) is 0 Å². The second-order valence-corrected chi connectivity index (χ2v) is 7.19. The van der Waals surface area contributed by atoms with E-state index in [0.717, 1.165) is 12.0 Å². The van der Waals surface area contributed by atoms with Crippen molar-refractivity contribution in [3.05, 3.63) is 38.8 Å². The third-order valence-electron chi connectivity index (χ3n) is 2.54. The fourth-order valence-corrected chi connectivity index (χ4v) is 3.34. The summed E-state index contributed by atoms with van der Waals surface area (Å²) in [7, 11) is 0. The molecule has 0 atom stereocenters. The quantitative estimate of drug-likeness (QED) is 0.921. The SMILES string of the molecule is CC(C)(C)n1cc(Cc2cccs2)/c(=N/C(=O)O)s1. The maximum atomic E-state index is 10.8. The number of carboxylic acid groups (broad SMARTS) is 1. The first-order valence-electron chi connectivity index (χ1n) is 5.88. The molecule has 0 fully saturated rings. The zero-order valence-corrected chi connectivity index (χ0v) is 12.7. The number of rotatable bonds is 2. The number of hydrogen-bond donors (Lipinski definition) is 1. The van der Waals surface area contributed by atoms with E-state index in [1.807, 2.05) is 23.7 Å². The molecule has 0 bridgehead atoms. The van der Waals surface area contributed by atoms with Gasteiger partial charge in [0.05, 0.1) is 0 Å². The lowest BCUT2D eigenvalue weighted by molar-refractivity contribution is 0.205. The minimum absolute atomic E-state index is 0.0683. The predicted molar refractivity (Wildman–Crippen MR) is 78.0 cm³/mol. The monoisotopic (exact) mass is 296 g/mol. The summed E-state index contributed by atoms with van der Waals surface area (Å²) >= 11 is 3.06. The van der Waals surface area contributed by atoms with Crippen molar-refractivity contribution < 1.29 is 9.90 Å². The number of nitrogens with zero attached hydrogens (tertiary/aromatic N) is 2. The molecule has 0 unspecified atom stereocenters. The maximum Gasteiger partial charge on any atom is 0.432 e. The van der Waals surface area contributed by atoms with Gasteiger partial charge in [-0.25, -0.2) is 4.79 Å². The summed E-state index contributed by atoms with van der Waals surface area (Å²) in [6.07, 6.45) is 1.59. The normalized spacial score (nSPS) is 12.9. The van der Waals surface area contributed by atoms with Crippen LogP contribution in [0.15, 0.2) is 28.7 Å². The summed E-state index contributed by atoms with van der Waals surface area (Å²) in [6, 6.07) is 4.05. The molecule has 2 heterocycles. The van der Waals surface area contributed by atoms with E-state index in [1.54, 1.807) is 11.3 Å². The number of aromatic nitrogens is 1. The predicted octanol–water partition coefficient (Wildman–Crippen LogP) is 3.54. The molecule has 0 aliphatic heterocycles. The molecular formula is C13H16N2O2S2. The van der Waals surface area contributed by atoms with Gasteiger partial charge in [-0.05, 0) is 43.8 Å². The molecule has 0 spiro atoms. The van der Waals surface area contributed by atoms with Crippen LogP contribution in [0.4, 0.5) is 4.79 Å². The zero-order chi connectivity index (χ0) is 14.0. The molecule has 6 heteroatoms. The Morgan fingerprint density at radius 1 is 1.47 bits per heavy atom. The van der Waals surface area contributed by atoms with Crippen LogP contribution in [0.1, 0.15) is 31.2 Å². The van der Waals surface area contributed by atoms with Gasteiger partial charge in [0.1, 0.15) is 4.67 Å². The lowest BCUT2D eigenvalue weighted by Crippen LogP contribution is -2.18. The minimum Gasteiger partial charge on any atom is -0.463 e. The molecule has 0 aliphatic rings. The summed E-state index contributed by atoms with van der Waals surface area (Å²) in [5, 5.41) is 10.9. The third-order valence-corrected chi connectivity index (χ3v) is 4.79. The fourth-order valence-electron chi connectivity index (χ4n) is 1.61. The van der Waals surface area contributed by atoms with Crippen molar-refractivity contribution >= 4 is 29.0 Å². The van der Waals surface area contributed by atoms with E-state index in [9.17, 15) is 4.79 Å². The van der Waals surface area contributed by atoms with Gasteiger partial charge in [-0.2, -0.15) is 4.99 Å². The molecule has 0 saturated heterocycles. The highest BCUT2D eigenvalue weighted by molar-refractivity contribution is 7.10. The molecule has 2 rings (SSSR count). The van der Waals surface area contributed by atoms with Crippen molar-refractivity contribution in [2.45, 2.75) is 32.7 Å². The number of carbonyl (C=O) groups is 1. The van der Waals surface area contributed by atoms with Gasteiger partial charge in [0.2, 0.25) is 0 Å². The average molecular weight is 296 g/mol. The number of hydrogen-bond acceptors (Lipinski definition) is 3. The Kier molecular flexibility index (Phi) is 3.91. The first-order chi connectivity index (χ1) is 8.86. The standard InChI is InChI=1S/C13H16N2O2S2/c1-13(2,3)15-8-9(7-10-5-4-6-18-10)11(19-15)14-12(16)17/h4-6,8H,7H2,1-3H3,(H,16,17)/b14-11-.